The topological polar surface area (TPSA) is 227 Å². The van der Waals surface area contributed by atoms with Gasteiger partial charge in [-0.1, -0.05) is 49.4 Å². The molecule has 0 radical (unpaired) electrons. The molecule has 0 spiro atoms. The van der Waals surface area contributed by atoms with E-state index in [0.717, 1.165) is 50.2 Å². The van der Waals surface area contributed by atoms with Gasteiger partial charge in [0, 0.05) is 95.3 Å². The average Bonchev–Trinajstić information content (AvgIpc) is 0.734. The molecule has 4 bridgehead atoms. The standard InChI is InChI=1S/C37H41N3O6.C31H36N4O7/c1-9-26-31-25(34(46-22(4)41)21(3)35(43-7)36(31)44-8)17-28-32-30-24(16-27(39(32)5)29(18-38)40(26)28)15-20(2)33(42-6)37(30)45-19-23-13-11-10-12-14-23;1-14-9-18-10-20-22(12-32)35-21(26(34(20)5)24(18)27(38)28(14)39-6)11-19-25(23(35)13-33-16(3)36)31(41-8)30(40-7)15(2)29(19)42-17(4)37/h10-15,17,26-27,29,32H,9,16,19H2,1-8H3;9,11,20,22-23,26,38H,10,13H2,1-8H3,(H,33,36)/t26-,27-,29-,32-;20-,22-,23-,26-/m00/s1. The maximum atomic E-state index is 12.5. The smallest absolute Gasteiger partial charge is 0.308 e. The van der Waals surface area contributed by atoms with Gasteiger partial charge in [-0.15, -0.1) is 0 Å². The Labute approximate surface area is 514 Å². The van der Waals surface area contributed by atoms with Crippen LogP contribution in [0.3, 0.4) is 0 Å². The van der Waals surface area contributed by atoms with Crippen LogP contribution in [0, 0.1) is 50.4 Å². The molecule has 6 aliphatic heterocycles. The number of carbonyl (C=O) groups is 3. The number of phenols is 1. The van der Waals surface area contributed by atoms with Crippen LogP contribution < -0.4 is 47.9 Å². The van der Waals surface area contributed by atoms with Crippen LogP contribution in [0.2, 0.25) is 0 Å². The molecule has 2 fully saturated rings. The molecule has 1 amide bonds. The Morgan fingerprint density at radius 2 is 1.03 bits per heavy atom. The lowest BCUT2D eigenvalue weighted by molar-refractivity contribution is -0.132. The number of piperazine rings is 2. The number of hydrogen-bond acceptors (Lipinski definition) is 19. The molecule has 8 atom stereocenters. The summed E-state index contributed by atoms with van der Waals surface area (Å²) >= 11 is 0. The van der Waals surface area contributed by atoms with Gasteiger partial charge in [0.1, 0.15) is 30.2 Å². The second-order valence-electron chi connectivity index (χ2n) is 23.1. The maximum absolute atomic E-state index is 12.5. The van der Waals surface area contributed by atoms with E-state index >= 15 is 0 Å². The van der Waals surface area contributed by atoms with Gasteiger partial charge in [0.15, 0.2) is 46.0 Å². The molecule has 5 aromatic rings. The molecule has 0 aliphatic carbocycles. The highest BCUT2D eigenvalue weighted by Crippen LogP contribution is 2.61. The molecular formula is C68H77N7O13. The van der Waals surface area contributed by atoms with E-state index in [2.05, 4.69) is 58.3 Å². The highest BCUT2D eigenvalue weighted by molar-refractivity contribution is 5.83. The molecule has 2 N–H and O–H groups in total. The average molecular weight is 1200 g/mol. The predicted molar refractivity (Wildman–Crippen MR) is 328 cm³/mol. The third-order valence-corrected chi connectivity index (χ3v) is 18.3. The van der Waals surface area contributed by atoms with Gasteiger partial charge in [0.25, 0.3) is 0 Å². The van der Waals surface area contributed by atoms with Crippen LogP contribution in [-0.4, -0.2) is 130 Å². The number of methoxy groups -OCH3 is 6. The molecule has 11 rings (SSSR count). The van der Waals surface area contributed by atoms with E-state index < -0.39 is 36.1 Å². The molecule has 0 unspecified atom stereocenters. The lowest BCUT2D eigenvalue weighted by atomic mass is 9.75. The number of amides is 1. The van der Waals surface area contributed by atoms with Crippen molar-refractivity contribution in [2.75, 3.05) is 63.3 Å². The number of likely N-dealkylation sites (N-methyl/N-ethyl adjacent to an activating group) is 2. The number of fused-ring (bicyclic) bond motifs is 14. The molecule has 20 heteroatoms. The van der Waals surface area contributed by atoms with Gasteiger partial charge in [0.2, 0.25) is 5.91 Å². The molecule has 0 aromatic heterocycles. The monoisotopic (exact) mass is 1200 g/mol. The normalized spacial score (nSPS) is 21.6. The summed E-state index contributed by atoms with van der Waals surface area (Å²) in [4.78, 5) is 45.7. The van der Waals surface area contributed by atoms with Crippen LogP contribution in [0.5, 0.6) is 57.5 Å². The summed E-state index contributed by atoms with van der Waals surface area (Å²) < 4.78 is 53.5. The molecule has 5 aromatic carbocycles. The van der Waals surface area contributed by atoms with Crippen molar-refractivity contribution in [1.82, 2.24) is 24.9 Å². The third kappa shape index (κ3) is 9.96. The van der Waals surface area contributed by atoms with Crippen molar-refractivity contribution >= 4 is 30.0 Å². The summed E-state index contributed by atoms with van der Waals surface area (Å²) in [6.07, 6.45) is 5.84. The summed E-state index contributed by atoms with van der Waals surface area (Å²) in [6.45, 7) is 14.3. The van der Waals surface area contributed by atoms with Crippen molar-refractivity contribution in [3.05, 3.63) is 126 Å². The SMILES string of the molecule is CC[C@H]1c2c(c(OC(C)=O)c(C)c(OC)c2OC)C=C2[C@H]3c4c(cc(C)c(OC)c4OCc4ccccc4)C[C@@H]([C@H](C#N)N21)N3C.COc1c(C)cc2c(c1O)[C@@H]1C3=Cc4c(OC(C)=O)c(C)c(OC)c(OC)c4[C@H](CNC(C)=O)N3[C@@H](C#N)[C@H](C2)N1C. The molecule has 6 aliphatic rings. The summed E-state index contributed by atoms with van der Waals surface area (Å²) in [5.41, 5.74) is 12.3. The van der Waals surface area contributed by atoms with Gasteiger partial charge in [-0.05, 0) is 101 Å². The number of nitriles is 2. The van der Waals surface area contributed by atoms with Crippen LogP contribution in [0.25, 0.3) is 12.2 Å². The zero-order valence-electron chi connectivity index (χ0n) is 52.9. The van der Waals surface area contributed by atoms with Crippen molar-refractivity contribution in [2.45, 2.75) is 130 Å². The van der Waals surface area contributed by atoms with E-state index in [-0.39, 0.29) is 42.4 Å². The van der Waals surface area contributed by atoms with Crippen molar-refractivity contribution in [3.8, 4) is 69.6 Å². The first-order chi connectivity index (χ1) is 42.2. The fourth-order valence-corrected chi connectivity index (χ4v) is 14.8. The van der Waals surface area contributed by atoms with Crippen molar-refractivity contribution in [1.29, 1.82) is 10.5 Å². The highest BCUT2D eigenvalue weighted by atomic mass is 16.5. The lowest BCUT2D eigenvalue weighted by Gasteiger charge is -2.57. The number of nitrogens with zero attached hydrogens (tertiary/aromatic N) is 6. The number of rotatable bonds is 14. The number of aryl methyl sites for hydroxylation is 2. The summed E-state index contributed by atoms with van der Waals surface area (Å²) in [7, 11) is 13.5. The molecule has 2 saturated heterocycles. The van der Waals surface area contributed by atoms with E-state index in [4.69, 9.17) is 42.6 Å². The number of benzene rings is 5. The number of hydrogen-bond donors (Lipinski definition) is 2. The van der Waals surface area contributed by atoms with E-state index in [0.29, 0.717) is 111 Å². The zero-order valence-corrected chi connectivity index (χ0v) is 52.9. The minimum atomic E-state index is -0.628. The molecule has 462 valence electrons. The Morgan fingerprint density at radius 1 is 0.591 bits per heavy atom. The first-order valence-electron chi connectivity index (χ1n) is 29.4. The second kappa shape index (κ2) is 24.6. The van der Waals surface area contributed by atoms with Gasteiger partial charge in [-0.3, -0.25) is 24.2 Å². The number of ether oxygens (including phenoxy) is 9. The fraction of sp³-hybridized carbons (Fsp3) is 0.426. The van der Waals surface area contributed by atoms with E-state index in [1.807, 2.05) is 75.2 Å². The zero-order chi connectivity index (χ0) is 63.5. The number of carbonyl (C=O) groups excluding carboxylic acids is 3. The van der Waals surface area contributed by atoms with E-state index in [1.54, 1.807) is 28.3 Å². The van der Waals surface area contributed by atoms with Crippen LogP contribution in [0.15, 0.2) is 53.9 Å². The Hall–Kier alpha value is -9.11. The van der Waals surface area contributed by atoms with Crippen molar-refractivity contribution < 1.29 is 62.1 Å². The number of phenolic OH excluding ortho intramolecular Hbond substituents is 1. The minimum absolute atomic E-state index is 0.0481. The predicted octanol–water partition coefficient (Wildman–Crippen LogP) is 9.74. The van der Waals surface area contributed by atoms with Crippen LogP contribution in [0.4, 0.5) is 0 Å². The summed E-state index contributed by atoms with van der Waals surface area (Å²) in [5, 5.41) is 35.9. The summed E-state index contributed by atoms with van der Waals surface area (Å²) in [6, 6.07) is 16.5. The largest absolute Gasteiger partial charge is 0.504 e. The van der Waals surface area contributed by atoms with Gasteiger partial charge < -0.3 is 62.9 Å². The van der Waals surface area contributed by atoms with Gasteiger partial charge in [-0.25, -0.2) is 0 Å². The second-order valence-corrected chi connectivity index (χ2v) is 23.1. The molecular weight excluding hydrogens is 1120 g/mol. The van der Waals surface area contributed by atoms with E-state index in [1.165, 1.54) is 42.1 Å². The molecule has 6 heterocycles. The minimum Gasteiger partial charge on any atom is -0.504 e. The maximum Gasteiger partial charge on any atom is 0.308 e. The first-order valence-corrected chi connectivity index (χ1v) is 29.4. The first kappa shape index (κ1) is 62.0. The quantitative estimate of drug-likeness (QED) is 0.0779. The van der Waals surface area contributed by atoms with Crippen LogP contribution in [0.1, 0.15) is 131 Å². The lowest BCUT2D eigenvalue weighted by Crippen LogP contribution is -2.62. The Morgan fingerprint density at radius 3 is 1.48 bits per heavy atom. The van der Waals surface area contributed by atoms with Gasteiger partial charge >= 0.3 is 11.9 Å². The van der Waals surface area contributed by atoms with Crippen LogP contribution >= 0.6 is 0 Å². The Kier molecular flexibility index (Phi) is 17.3. The fourth-order valence-electron chi connectivity index (χ4n) is 14.8. The van der Waals surface area contributed by atoms with Crippen LogP contribution in [-0.2, 0) is 33.8 Å². The summed E-state index contributed by atoms with van der Waals surface area (Å²) in [5.74, 6) is 3.31. The number of aromatic hydroxyl groups is 1. The molecule has 20 nitrogen and oxygen atoms in total. The third-order valence-electron chi connectivity index (χ3n) is 18.3. The number of esters is 2. The highest BCUT2D eigenvalue weighted by Gasteiger charge is 2.55. The van der Waals surface area contributed by atoms with Gasteiger partial charge in [0.05, 0.1) is 79.0 Å². The Balaban J connectivity index is 0.000000195. The molecule has 0 saturated carbocycles. The van der Waals surface area contributed by atoms with Crippen molar-refractivity contribution in [2.24, 2.45) is 0 Å². The Bertz CT molecular complexity index is 3810. The number of nitrogens with one attached hydrogen (secondary N) is 1. The van der Waals surface area contributed by atoms with E-state index in [9.17, 15) is 30.0 Å². The van der Waals surface area contributed by atoms with Gasteiger partial charge in [-0.2, -0.15) is 10.5 Å². The molecule has 88 heavy (non-hydrogen) atoms. The van der Waals surface area contributed by atoms with Crippen molar-refractivity contribution in [3.63, 3.8) is 0 Å².